The van der Waals surface area contributed by atoms with Crippen LogP contribution < -0.4 is 10.6 Å². The fourth-order valence-electron chi connectivity index (χ4n) is 2.73. The van der Waals surface area contributed by atoms with Crippen LogP contribution >= 0.6 is 0 Å². The third-order valence-electron chi connectivity index (χ3n) is 3.87. The highest BCUT2D eigenvalue weighted by Gasteiger charge is 2.15. The standard InChI is InChI=1S/C17H24N2O2/c20-16(12-14-8-4-3-5-9-14)18-13-17(21)19-15-10-6-1-2-7-11-15/h3-5,8-9,15H,1-2,6-7,10-13H2,(H,18,20)(H,19,21). The number of benzene rings is 1. The summed E-state index contributed by atoms with van der Waals surface area (Å²) in [6.07, 6.45) is 7.34. The van der Waals surface area contributed by atoms with Crippen molar-refractivity contribution in [3.05, 3.63) is 35.9 Å². The first kappa shape index (κ1) is 15.5. The van der Waals surface area contributed by atoms with Crippen molar-refractivity contribution in [2.24, 2.45) is 0 Å². The third-order valence-corrected chi connectivity index (χ3v) is 3.87. The first-order chi connectivity index (χ1) is 10.2. The van der Waals surface area contributed by atoms with Crippen molar-refractivity contribution in [2.75, 3.05) is 6.54 Å². The Labute approximate surface area is 126 Å². The van der Waals surface area contributed by atoms with Gasteiger partial charge in [0.1, 0.15) is 0 Å². The van der Waals surface area contributed by atoms with E-state index in [4.69, 9.17) is 0 Å². The van der Waals surface area contributed by atoms with Gasteiger partial charge in [-0.05, 0) is 18.4 Å². The predicted molar refractivity (Wildman–Crippen MR) is 82.8 cm³/mol. The highest BCUT2D eigenvalue weighted by atomic mass is 16.2. The monoisotopic (exact) mass is 288 g/mol. The predicted octanol–water partition coefficient (Wildman–Crippen LogP) is 2.18. The summed E-state index contributed by atoms with van der Waals surface area (Å²) in [5.74, 6) is -0.194. The smallest absolute Gasteiger partial charge is 0.239 e. The molecule has 4 heteroatoms. The Morgan fingerprint density at radius 1 is 0.952 bits per heavy atom. The maximum Gasteiger partial charge on any atom is 0.239 e. The van der Waals surface area contributed by atoms with Crippen molar-refractivity contribution in [1.82, 2.24) is 10.6 Å². The first-order valence-corrected chi connectivity index (χ1v) is 7.84. The Hall–Kier alpha value is -1.84. The topological polar surface area (TPSA) is 58.2 Å². The fraction of sp³-hybridized carbons (Fsp3) is 0.529. The van der Waals surface area contributed by atoms with Crippen molar-refractivity contribution < 1.29 is 9.59 Å². The summed E-state index contributed by atoms with van der Waals surface area (Å²) in [4.78, 5) is 23.6. The molecule has 0 aliphatic heterocycles. The number of carbonyl (C=O) groups is 2. The molecule has 0 bridgehead atoms. The average Bonchev–Trinajstić information content (AvgIpc) is 2.75. The number of hydrogen-bond donors (Lipinski definition) is 2. The molecule has 1 aliphatic carbocycles. The quantitative estimate of drug-likeness (QED) is 0.816. The van der Waals surface area contributed by atoms with Gasteiger partial charge < -0.3 is 10.6 Å². The highest BCUT2D eigenvalue weighted by molar-refractivity contribution is 5.85. The Bertz CT molecular complexity index is 451. The molecule has 0 unspecified atom stereocenters. The van der Waals surface area contributed by atoms with Crippen molar-refractivity contribution in [2.45, 2.75) is 51.0 Å². The molecule has 1 aromatic carbocycles. The number of carbonyl (C=O) groups excluding carboxylic acids is 2. The second-order valence-electron chi connectivity index (χ2n) is 5.70. The molecule has 0 aromatic heterocycles. The van der Waals surface area contributed by atoms with Gasteiger partial charge in [0.25, 0.3) is 0 Å². The second-order valence-corrected chi connectivity index (χ2v) is 5.70. The minimum atomic E-state index is -0.114. The second kappa shape index (κ2) is 8.45. The van der Waals surface area contributed by atoms with E-state index in [9.17, 15) is 9.59 Å². The van der Waals surface area contributed by atoms with E-state index in [2.05, 4.69) is 10.6 Å². The zero-order chi connectivity index (χ0) is 14.9. The lowest BCUT2D eigenvalue weighted by Crippen LogP contribution is -2.42. The lowest BCUT2D eigenvalue weighted by molar-refractivity contribution is -0.126. The molecule has 2 N–H and O–H groups in total. The van der Waals surface area contributed by atoms with Crippen LogP contribution in [0.3, 0.4) is 0 Å². The lowest BCUT2D eigenvalue weighted by Gasteiger charge is -2.16. The Kier molecular flexibility index (Phi) is 6.25. The molecule has 2 rings (SSSR count). The molecule has 2 amide bonds. The number of nitrogens with one attached hydrogen (secondary N) is 2. The SMILES string of the molecule is O=C(Cc1ccccc1)NCC(=O)NC1CCCCCC1. The van der Waals surface area contributed by atoms with Gasteiger partial charge in [-0.15, -0.1) is 0 Å². The van der Waals surface area contributed by atoms with E-state index in [-0.39, 0.29) is 24.4 Å². The Balaban J connectivity index is 1.67. The molecule has 1 saturated carbocycles. The van der Waals surface area contributed by atoms with Gasteiger partial charge in [-0.25, -0.2) is 0 Å². The van der Waals surface area contributed by atoms with Crippen LogP contribution in [0.4, 0.5) is 0 Å². The molecule has 4 nitrogen and oxygen atoms in total. The zero-order valence-electron chi connectivity index (χ0n) is 12.4. The first-order valence-electron chi connectivity index (χ1n) is 7.84. The van der Waals surface area contributed by atoms with Gasteiger partial charge in [-0.2, -0.15) is 0 Å². The molecule has 0 saturated heterocycles. The molecule has 0 atom stereocenters. The Morgan fingerprint density at radius 3 is 2.29 bits per heavy atom. The average molecular weight is 288 g/mol. The van der Waals surface area contributed by atoms with Crippen molar-refractivity contribution in [3.8, 4) is 0 Å². The van der Waals surface area contributed by atoms with E-state index < -0.39 is 0 Å². The van der Waals surface area contributed by atoms with Crippen molar-refractivity contribution in [3.63, 3.8) is 0 Å². The summed E-state index contributed by atoms with van der Waals surface area (Å²) in [7, 11) is 0. The van der Waals surface area contributed by atoms with Crippen LogP contribution in [-0.4, -0.2) is 24.4 Å². The van der Waals surface area contributed by atoms with Crippen LogP contribution in [0.2, 0.25) is 0 Å². The number of hydrogen-bond acceptors (Lipinski definition) is 2. The molecule has 1 fully saturated rings. The van der Waals surface area contributed by atoms with E-state index in [0.29, 0.717) is 6.42 Å². The molecule has 0 radical (unpaired) electrons. The van der Waals surface area contributed by atoms with E-state index in [1.54, 1.807) is 0 Å². The van der Waals surface area contributed by atoms with Crippen LogP contribution in [0.1, 0.15) is 44.1 Å². The van der Waals surface area contributed by atoms with Gasteiger partial charge >= 0.3 is 0 Å². The van der Waals surface area contributed by atoms with E-state index in [1.807, 2.05) is 30.3 Å². The summed E-state index contributed by atoms with van der Waals surface area (Å²) in [6, 6.07) is 9.83. The molecule has 114 valence electrons. The molecular weight excluding hydrogens is 264 g/mol. The van der Waals surface area contributed by atoms with E-state index >= 15 is 0 Å². The van der Waals surface area contributed by atoms with E-state index in [0.717, 1.165) is 18.4 Å². The number of rotatable bonds is 5. The van der Waals surface area contributed by atoms with Crippen molar-refractivity contribution in [1.29, 1.82) is 0 Å². The summed E-state index contributed by atoms with van der Waals surface area (Å²) in [5.41, 5.74) is 0.958. The minimum Gasteiger partial charge on any atom is -0.352 e. The zero-order valence-corrected chi connectivity index (χ0v) is 12.4. The maximum absolute atomic E-state index is 11.9. The largest absolute Gasteiger partial charge is 0.352 e. The Morgan fingerprint density at radius 2 is 1.62 bits per heavy atom. The molecule has 1 aliphatic rings. The van der Waals surface area contributed by atoms with Crippen LogP contribution in [0.5, 0.6) is 0 Å². The number of amides is 2. The van der Waals surface area contributed by atoms with Gasteiger partial charge in [0.05, 0.1) is 13.0 Å². The normalized spacial score (nSPS) is 16.0. The molecule has 1 aromatic rings. The maximum atomic E-state index is 11.9. The van der Waals surface area contributed by atoms with Crippen LogP contribution in [0.15, 0.2) is 30.3 Å². The van der Waals surface area contributed by atoms with Gasteiger partial charge in [-0.3, -0.25) is 9.59 Å². The molecule has 21 heavy (non-hydrogen) atoms. The highest BCUT2D eigenvalue weighted by Crippen LogP contribution is 2.16. The van der Waals surface area contributed by atoms with Gasteiger partial charge in [-0.1, -0.05) is 56.0 Å². The van der Waals surface area contributed by atoms with Crippen LogP contribution in [0.25, 0.3) is 0 Å². The third kappa shape index (κ3) is 5.98. The lowest BCUT2D eigenvalue weighted by atomic mass is 10.1. The molecule has 0 spiro atoms. The summed E-state index contributed by atoms with van der Waals surface area (Å²) in [6.45, 7) is 0.0716. The summed E-state index contributed by atoms with van der Waals surface area (Å²) < 4.78 is 0. The summed E-state index contributed by atoms with van der Waals surface area (Å²) >= 11 is 0. The molecular formula is C17H24N2O2. The summed E-state index contributed by atoms with van der Waals surface area (Å²) in [5, 5.41) is 5.71. The van der Waals surface area contributed by atoms with Crippen molar-refractivity contribution >= 4 is 11.8 Å². The van der Waals surface area contributed by atoms with Gasteiger partial charge in [0.2, 0.25) is 11.8 Å². The van der Waals surface area contributed by atoms with Crippen LogP contribution in [-0.2, 0) is 16.0 Å². The van der Waals surface area contributed by atoms with Gasteiger partial charge in [0, 0.05) is 6.04 Å². The van der Waals surface area contributed by atoms with Crippen LogP contribution in [0, 0.1) is 0 Å². The van der Waals surface area contributed by atoms with E-state index in [1.165, 1.54) is 25.7 Å². The molecule has 0 heterocycles. The fourth-order valence-corrected chi connectivity index (χ4v) is 2.73. The van der Waals surface area contributed by atoms with Gasteiger partial charge in [0.15, 0.2) is 0 Å². The minimum absolute atomic E-state index is 0.0716.